The van der Waals surface area contributed by atoms with Crippen molar-refractivity contribution < 1.29 is 56.2 Å². The third kappa shape index (κ3) is 10.9. The summed E-state index contributed by atoms with van der Waals surface area (Å²) in [4.78, 5) is 90.4. The van der Waals surface area contributed by atoms with Crippen molar-refractivity contribution >= 4 is 63.1 Å². The fraction of sp³-hybridized carbons (Fsp3) is 0.639. The first-order valence-corrected chi connectivity index (χ1v) is 22.0. The number of fused-ring (bicyclic) bond motifs is 1. The van der Waals surface area contributed by atoms with Gasteiger partial charge >= 0.3 is 0 Å². The van der Waals surface area contributed by atoms with Crippen LogP contribution in [0.25, 0.3) is 0 Å². The fourth-order valence-electron chi connectivity index (χ4n) is 7.56. The van der Waals surface area contributed by atoms with Crippen LogP contribution in [-0.4, -0.2) is 159 Å². The Morgan fingerprint density at radius 2 is 1.68 bits per heavy atom. The van der Waals surface area contributed by atoms with Gasteiger partial charge in [0.2, 0.25) is 39.6 Å². The van der Waals surface area contributed by atoms with Crippen molar-refractivity contribution in [1.82, 2.24) is 35.4 Å². The molecule has 5 atom stereocenters. The van der Waals surface area contributed by atoms with Crippen molar-refractivity contribution in [3.8, 4) is 5.75 Å². The highest BCUT2D eigenvalue weighted by Crippen LogP contribution is 2.31. The summed E-state index contributed by atoms with van der Waals surface area (Å²) in [5.41, 5.74) is -0.0272. The number of ether oxygens (including phenoxy) is 3. The number of carbonyl (C=O) groups is 7. The Labute approximate surface area is 334 Å². The minimum Gasteiger partial charge on any atom is -0.491 e. The summed E-state index contributed by atoms with van der Waals surface area (Å²) in [6.45, 7) is 2.69. The summed E-state index contributed by atoms with van der Waals surface area (Å²) in [6.07, 6.45) is 3.71. The molecule has 5 aliphatic rings. The molecule has 1 aromatic rings. The highest BCUT2D eigenvalue weighted by molar-refractivity contribution is 8.00. The number of sulfonamides is 1. The number of thioether (sulfide) groups is 1. The molecule has 0 saturated carbocycles. The number of carbonyl (C=O) groups excluding carboxylic acids is 7. The number of nitrogens with one attached hydrogen (secondary N) is 4. The zero-order valence-corrected chi connectivity index (χ0v) is 33.3. The average Bonchev–Trinajstić information content (AvgIpc) is 3.93. The lowest BCUT2D eigenvalue weighted by Gasteiger charge is -2.36. The van der Waals surface area contributed by atoms with Gasteiger partial charge in [-0.25, -0.2) is 12.7 Å². The third-order valence-corrected chi connectivity index (χ3v) is 13.0. The number of hydrogen-bond donors (Lipinski definition) is 4. The van der Waals surface area contributed by atoms with Crippen LogP contribution >= 0.6 is 11.8 Å². The standard InChI is InChI=1S/C36H49N7O12S2/c1-57(51,52)42-11-8-23(20-42)32(47)37-18-30(45)40-36-38-27(21-56-36)22-3-2-10-41(19-22)31(46)9-12-53-13-14-54-15-16-55-24-4-5-25-26(17-24)35(50)43(34(25)49)28-6-7-29(44)39-33(28)48/h4-5,17,22-23,27-28,36,38H,2-3,6-16,18-21H2,1H3,(H,37,47)(H,40,45)(H,39,44,48). The molecule has 5 unspecified atom stereocenters. The van der Waals surface area contributed by atoms with E-state index in [9.17, 15) is 42.0 Å². The molecule has 57 heavy (non-hydrogen) atoms. The van der Waals surface area contributed by atoms with Gasteiger partial charge in [0.25, 0.3) is 11.8 Å². The van der Waals surface area contributed by atoms with Crippen LogP contribution in [-0.2, 0) is 43.5 Å². The number of rotatable bonds is 17. The summed E-state index contributed by atoms with van der Waals surface area (Å²) in [5, 5.41) is 11.1. The van der Waals surface area contributed by atoms with E-state index in [0.29, 0.717) is 25.3 Å². The summed E-state index contributed by atoms with van der Waals surface area (Å²) >= 11 is 1.56. The van der Waals surface area contributed by atoms with Gasteiger partial charge in [-0.05, 0) is 49.8 Å². The molecule has 6 rings (SSSR count). The van der Waals surface area contributed by atoms with Gasteiger partial charge in [-0.2, -0.15) is 0 Å². The zero-order valence-electron chi connectivity index (χ0n) is 31.7. The molecular weight excluding hydrogens is 787 g/mol. The monoisotopic (exact) mass is 835 g/mol. The van der Waals surface area contributed by atoms with Gasteiger partial charge in [-0.3, -0.25) is 49.1 Å². The van der Waals surface area contributed by atoms with Crippen LogP contribution in [0.4, 0.5) is 0 Å². The predicted molar refractivity (Wildman–Crippen MR) is 203 cm³/mol. The van der Waals surface area contributed by atoms with E-state index >= 15 is 0 Å². The molecule has 0 aliphatic carbocycles. The summed E-state index contributed by atoms with van der Waals surface area (Å²) < 4.78 is 41.6. The van der Waals surface area contributed by atoms with Crippen molar-refractivity contribution in [3.63, 3.8) is 0 Å². The Morgan fingerprint density at radius 1 is 0.930 bits per heavy atom. The van der Waals surface area contributed by atoms with Gasteiger partial charge < -0.3 is 29.7 Å². The number of amides is 7. The lowest BCUT2D eigenvalue weighted by atomic mass is 9.91. The normalized spacial score (nSPS) is 25.4. The average molecular weight is 836 g/mol. The van der Waals surface area contributed by atoms with Crippen molar-refractivity contribution in [2.45, 2.75) is 56.1 Å². The summed E-state index contributed by atoms with van der Waals surface area (Å²) in [5.74, 6) is -2.12. The van der Waals surface area contributed by atoms with Crippen LogP contribution in [0, 0.1) is 11.8 Å². The second kappa shape index (κ2) is 19.1. The second-order valence-electron chi connectivity index (χ2n) is 14.6. The molecule has 5 heterocycles. The summed E-state index contributed by atoms with van der Waals surface area (Å²) in [7, 11) is -3.36. The number of piperidine rings is 2. The van der Waals surface area contributed by atoms with Crippen molar-refractivity contribution in [3.05, 3.63) is 29.3 Å². The Kier molecular flexibility index (Phi) is 14.2. The number of nitrogens with zero attached hydrogens (tertiary/aromatic N) is 3. The molecule has 4 N–H and O–H groups in total. The first-order valence-electron chi connectivity index (χ1n) is 19.1. The maximum Gasteiger partial charge on any atom is 0.262 e. The minimum absolute atomic E-state index is 0.0111. The maximum atomic E-state index is 13.0. The lowest BCUT2D eigenvalue weighted by Crippen LogP contribution is -2.54. The molecular formula is C36H49N7O12S2. The maximum absolute atomic E-state index is 13.0. The van der Waals surface area contributed by atoms with Crippen molar-refractivity contribution in [2.24, 2.45) is 11.8 Å². The largest absolute Gasteiger partial charge is 0.491 e. The Bertz CT molecular complexity index is 1850. The Morgan fingerprint density at radius 3 is 2.44 bits per heavy atom. The van der Waals surface area contributed by atoms with E-state index in [1.54, 1.807) is 17.8 Å². The predicted octanol–water partition coefficient (Wildman–Crippen LogP) is -1.37. The molecule has 4 saturated heterocycles. The molecule has 5 aliphatic heterocycles. The molecule has 4 fully saturated rings. The molecule has 0 spiro atoms. The first kappa shape index (κ1) is 42.5. The zero-order chi connectivity index (χ0) is 40.7. The van der Waals surface area contributed by atoms with Gasteiger partial charge in [0.15, 0.2) is 0 Å². The van der Waals surface area contributed by atoms with E-state index in [2.05, 4.69) is 21.3 Å². The second-order valence-corrected chi connectivity index (χ2v) is 17.7. The van der Waals surface area contributed by atoms with E-state index in [4.69, 9.17) is 14.2 Å². The number of benzene rings is 1. The molecule has 19 nitrogen and oxygen atoms in total. The highest BCUT2D eigenvalue weighted by atomic mass is 32.2. The van der Waals surface area contributed by atoms with Gasteiger partial charge in [0, 0.05) is 44.4 Å². The fourth-order valence-corrected chi connectivity index (χ4v) is 9.70. The van der Waals surface area contributed by atoms with Gasteiger partial charge in [0.05, 0.1) is 62.7 Å². The minimum atomic E-state index is -3.36. The first-order chi connectivity index (χ1) is 27.3. The molecule has 1 aromatic carbocycles. The van der Waals surface area contributed by atoms with E-state index in [1.165, 1.54) is 16.4 Å². The van der Waals surface area contributed by atoms with Crippen LogP contribution in [0.3, 0.4) is 0 Å². The molecule has 0 bridgehead atoms. The quantitative estimate of drug-likeness (QED) is 0.105. The van der Waals surface area contributed by atoms with E-state index in [0.717, 1.165) is 29.8 Å². The smallest absolute Gasteiger partial charge is 0.262 e. The van der Waals surface area contributed by atoms with Gasteiger partial charge in [-0.15, -0.1) is 11.8 Å². The van der Waals surface area contributed by atoms with Crippen LogP contribution < -0.4 is 26.0 Å². The van der Waals surface area contributed by atoms with Gasteiger partial charge in [-0.1, -0.05) is 0 Å². The van der Waals surface area contributed by atoms with Crippen LogP contribution in [0.15, 0.2) is 18.2 Å². The van der Waals surface area contributed by atoms with E-state index in [-0.39, 0.29) is 118 Å². The summed E-state index contributed by atoms with van der Waals surface area (Å²) in [6, 6.07) is 3.56. The third-order valence-electron chi connectivity index (χ3n) is 10.6. The van der Waals surface area contributed by atoms with Crippen molar-refractivity contribution in [2.75, 3.05) is 77.8 Å². The van der Waals surface area contributed by atoms with Crippen LogP contribution in [0.5, 0.6) is 5.75 Å². The van der Waals surface area contributed by atoms with Crippen LogP contribution in [0.1, 0.15) is 59.2 Å². The molecule has 0 radical (unpaired) electrons. The number of likely N-dealkylation sites (tertiary alicyclic amines) is 1. The Balaban J connectivity index is 0.805. The molecule has 21 heteroatoms. The van der Waals surface area contributed by atoms with E-state index < -0.39 is 45.6 Å². The lowest BCUT2D eigenvalue weighted by molar-refractivity contribution is -0.136. The Hall–Kier alpha value is -4.15. The SMILES string of the molecule is CS(=O)(=O)N1CCC(C(=O)NCC(=O)NC2NC(C3CCCN(C(=O)CCOCCOCCOc4ccc5c(c4)C(=O)N(C4CCC(=O)NC4=O)C5=O)C3)CS2)C1. The molecule has 0 aromatic heterocycles. The van der Waals surface area contributed by atoms with Crippen molar-refractivity contribution in [1.29, 1.82) is 0 Å². The highest BCUT2D eigenvalue weighted by Gasteiger charge is 2.45. The number of hydrogen-bond acceptors (Lipinski definition) is 14. The van der Waals surface area contributed by atoms with Gasteiger partial charge in [0.1, 0.15) is 23.9 Å². The van der Waals surface area contributed by atoms with E-state index in [1.807, 2.05) is 4.90 Å². The molecule has 7 amide bonds. The topological polar surface area (TPSA) is 239 Å². The number of imide groups is 2. The molecule has 312 valence electrons. The van der Waals surface area contributed by atoms with Crippen LogP contribution in [0.2, 0.25) is 0 Å².